The summed E-state index contributed by atoms with van der Waals surface area (Å²) in [4.78, 5) is 22.4. The van der Waals surface area contributed by atoms with Gasteiger partial charge >= 0.3 is 5.97 Å². The van der Waals surface area contributed by atoms with Crippen molar-refractivity contribution < 1.29 is 19.1 Å². The van der Waals surface area contributed by atoms with Crippen LogP contribution >= 0.6 is 0 Å². The van der Waals surface area contributed by atoms with Gasteiger partial charge in [-0.2, -0.15) is 0 Å². The predicted molar refractivity (Wildman–Crippen MR) is 70.8 cm³/mol. The Morgan fingerprint density at radius 3 is 2.28 bits per heavy atom. The van der Waals surface area contributed by atoms with Crippen molar-refractivity contribution in [2.75, 3.05) is 0 Å². The Kier molecular flexibility index (Phi) is 3.93. The highest BCUT2D eigenvalue weighted by atomic mass is 28.4. The lowest BCUT2D eigenvalue weighted by atomic mass is 9.86. The van der Waals surface area contributed by atoms with Crippen LogP contribution in [0.2, 0.25) is 18.1 Å². The smallest absolute Gasteiger partial charge is 0.327 e. The van der Waals surface area contributed by atoms with E-state index in [0.29, 0.717) is 0 Å². The van der Waals surface area contributed by atoms with E-state index in [4.69, 9.17) is 9.53 Å². The van der Waals surface area contributed by atoms with Crippen molar-refractivity contribution in [3.05, 3.63) is 0 Å². The van der Waals surface area contributed by atoms with E-state index in [-0.39, 0.29) is 17.0 Å². The van der Waals surface area contributed by atoms with Crippen LogP contribution in [0.5, 0.6) is 0 Å². The Bertz CT molecular complexity index is 362. The summed E-state index contributed by atoms with van der Waals surface area (Å²) in [6.45, 7) is 12.3. The third kappa shape index (κ3) is 2.75. The largest absolute Gasteiger partial charge is 0.480 e. The van der Waals surface area contributed by atoms with Gasteiger partial charge in [-0.25, -0.2) is 4.79 Å². The standard InChI is InChI=1S/C12H23NO4Si/c1-7(17-18(5,6)12(2,3)4)8-9(11(15)16)13-10(8)14/h7-9H,1-6H3,(H,13,14)(H,15,16)/t7-,8-,9-/m1/s1. The number of aliphatic carboxylic acids is 1. The average molecular weight is 273 g/mol. The molecule has 0 spiro atoms. The first-order chi connectivity index (χ1) is 7.97. The number of carbonyl (C=O) groups excluding carboxylic acids is 1. The van der Waals surface area contributed by atoms with E-state index in [0.717, 1.165) is 0 Å². The lowest BCUT2D eigenvalue weighted by Gasteiger charge is -2.44. The predicted octanol–water partition coefficient (Wildman–Crippen LogP) is 1.60. The van der Waals surface area contributed by atoms with Gasteiger partial charge in [0.2, 0.25) is 5.91 Å². The number of hydrogen-bond acceptors (Lipinski definition) is 3. The van der Waals surface area contributed by atoms with Gasteiger partial charge in [0.1, 0.15) is 6.04 Å². The molecule has 1 amide bonds. The van der Waals surface area contributed by atoms with Crippen molar-refractivity contribution in [3.63, 3.8) is 0 Å². The minimum Gasteiger partial charge on any atom is -0.480 e. The van der Waals surface area contributed by atoms with E-state index in [9.17, 15) is 9.59 Å². The lowest BCUT2D eigenvalue weighted by Crippen LogP contribution is -2.66. The van der Waals surface area contributed by atoms with Crippen LogP contribution in [0, 0.1) is 5.92 Å². The lowest BCUT2D eigenvalue weighted by molar-refractivity contribution is -0.156. The minimum atomic E-state index is -1.98. The first-order valence-corrected chi connectivity index (χ1v) is 9.09. The summed E-state index contributed by atoms with van der Waals surface area (Å²) in [6.07, 6.45) is -0.360. The molecule has 5 nitrogen and oxygen atoms in total. The van der Waals surface area contributed by atoms with Gasteiger partial charge in [-0.15, -0.1) is 0 Å². The molecule has 1 saturated heterocycles. The van der Waals surface area contributed by atoms with E-state index < -0.39 is 26.2 Å². The van der Waals surface area contributed by atoms with Gasteiger partial charge in [0.15, 0.2) is 8.32 Å². The molecule has 1 rings (SSSR count). The second-order valence-electron chi connectivity index (χ2n) is 6.43. The van der Waals surface area contributed by atoms with Crippen LogP contribution in [0.25, 0.3) is 0 Å². The molecule has 0 aromatic heterocycles. The van der Waals surface area contributed by atoms with Crippen molar-refractivity contribution in [2.45, 2.75) is 58.0 Å². The second kappa shape index (κ2) is 4.66. The average Bonchev–Trinajstić information content (AvgIpc) is 2.10. The molecule has 0 bridgehead atoms. The fraction of sp³-hybridized carbons (Fsp3) is 0.833. The molecular weight excluding hydrogens is 250 g/mol. The molecule has 3 atom stereocenters. The van der Waals surface area contributed by atoms with Gasteiger partial charge < -0.3 is 14.8 Å². The van der Waals surface area contributed by atoms with Crippen LogP contribution in [-0.2, 0) is 14.0 Å². The van der Waals surface area contributed by atoms with Gasteiger partial charge in [-0.05, 0) is 25.1 Å². The Balaban J connectivity index is 2.74. The van der Waals surface area contributed by atoms with Crippen molar-refractivity contribution in [2.24, 2.45) is 5.92 Å². The summed E-state index contributed by atoms with van der Waals surface area (Å²) >= 11 is 0. The topological polar surface area (TPSA) is 75.6 Å². The van der Waals surface area contributed by atoms with Gasteiger partial charge in [0, 0.05) is 0 Å². The molecule has 0 saturated carbocycles. The Hall–Kier alpha value is -0.883. The first kappa shape index (κ1) is 15.2. The van der Waals surface area contributed by atoms with Crippen LogP contribution < -0.4 is 5.32 Å². The van der Waals surface area contributed by atoms with E-state index >= 15 is 0 Å². The molecule has 0 aromatic rings. The summed E-state index contributed by atoms with van der Waals surface area (Å²) < 4.78 is 6.07. The Morgan fingerprint density at radius 2 is 1.94 bits per heavy atom. The number of hydrogen-bond donors (Lipinski definition) is 2. The van der Waals surface area contributed by atoms with Crippen molar-refractivity contribution in [3.8, 4) is 0 Å². The van der Waals surface area contributed by atoms with Crippen LogP contribution in [0.1, 0.15) is 27.7 Å². The zero-order valence-electron chi connectivity index (χ0n) is 11.9. The molecule has 6 heteroatoms. The summed E-state index contributed by atoms with van der Waals surface area (Å²) in [5.41, 5.74) is 0. The Labute approximate surface area is 109 Å². The van der Waals surface area contributed by atoms with E-state index in [1.807, 2.05) is 0 Å². The van der Waals surface area contributed by atoms with Crippen LogP contribution in [-0.4, -0.2) is 37.4 Å². The van der Waals surface area contributed by atoms with Gasteiger partial charge in [-0.1, -0.05) is 20.8 Å². The third-order valence-corrected chi connectivity index (χ3v) is 8.59. The molecule has 1 aliphatic rings. The van der Waals surface area contributed by atoms with Crippen molar-refractivity contribution in [1.29, 1.82) is 0 Å². The quantitative estimate of drug-likeness (QED) is 0.602. The number of amides is 1. The second-order valence-corrected chi connectivity index (χ2v) is 11.2. The molecule has 1 aliphatic heterocycles. The zero-order chi connectivity index (χ0) is 14.3. The molecule has 1 heterocycles. The molecule has 0 unspecified atom stereocenters. The van der Waals surface area contributed by atoms with E-state index in [2.05, 4.69) is 39.2 Å². The summed E-state index contributed by atoms with van der Waals surface area (Å²) in [5.74, 6) is -1.80. The SMILES string of the molecule is C[C@@H](O[Si](C)(C)C(C)(C)C)[C@H]1C(=O)N[C@H]1C(=O)O. The number of carboxylic acids is 1. The fourth-order valence-corrected chi connectivity index (χ4v) is 3.24. The summed E-state index contributed by atoms with van der Waals surface area (Å²) in [6, 6.07) is -0.808. The molecule has 0 aliphatic carbocycles. The van der Waals surface area contributed by atoms with Crippen LogP contribution in [0.4, 0.5) is 0 Å². The maximum atomic E-state index is 11.5. The molecule has 104 valence electrons. The number of carboxylic acid groups (broad SMARTS) is 1. The zero-order valence-corrected chi connectivity index (χ0v) is 12.9. The maximum absolute atomic E-state index is 11.5. The minimum absolute atomic E-state index is 0.0419. The number of rotatable bonds is 4. The highest BCUT2D eigenvalue weighted by molar-refractivity contribution is 6.74. The first-order valence-electron chi connectivity index (χ1n) is 6.18. The van der Waals surface area contributed by atoms with Gasteiger partial charge in [-0.3, -0.25) is 4.79 Å². The van der Waals surface area contributed by atoms with Gasteiger partial charge in [0.25, 0.3) is 0 Å². The molecule has 0 aromatic carbocycles. The van der Waals surface area contributed by atoms with E-state index in [1.54, 1.807) is 6.92 Å². The summed E-state index contributed by atoms with van der Waals surface area (Å²) in [5, 5.41) is 11.4. The normalized spacial score (nSPS) is 26.2. The number of β-lactam (4-membered cyclic amide) rings is 1. The molecule has 0 radical (unpaired) electrons. The van der Waals surface area contributed by atoms with Gasteiger partial charge in [0.05, 0.1) is 12.0 Å². The van der Waals surface area contributed by atoms with Crippen LogP contribution in [0.3, 0.4) is 0 Å². The third-order valence-electron chi connectivity index (χ3n) is 4.02. The van der Waals surface area contributed by atoms with Crippen molar-refractivity contribution in [1.82, 2.24) is 5.32 Å². The number of carbonyl (C=O) groups is 2. The van der Waals surface area contributed by atoms with Crippen LogP contribution in [0.15, 0.2) is 0 Å². The number of nitrogens with one attached hydrogen (secondary N) is 1. The fourth-order valence-electron chi connectivity index (χ4n) is 1.81. The highest BCUT2D eigenvalue weighted by Crippen LogP contribution is 2.38. The van der Waals surface area contributed by atoms with E-state index in [1.165, 1.54) is 0 Å². The highest BCUT2D eigenvalue weighted by Gasteiger charge is 2.50. The monoisotopic (exact) mass is 273 g/mol. The molecule has 1 fully saturated rings. The maximum Gasteiger partial charge on any atom is 0.327 e. The van der Waals surface area contributed by atoms with Crippen molar-refractivity contribution >= 4 is 20.2 Å². The molecule has 18 heavy (non-hydrogen) atoms. The Morgan fingerprint density at radius 1 is 1.44 bits per heavy atom. The summed E-state index contributed by atoms with van der Waals surface area (Å²) in [7, 11) is -1.98. The molecule has 2 N–H and O–H groups in total. The molecular formula is C12H23NO4Si.